The van der Waals surface area contributed by atoms with Crippen LogP contribution in [0.15, 0.2) is 61.1 Å². The van der Waals surface area contributed by atoms with Gasteiger partial charge in [0.15, 0.2) is 0 Å². The van der Waals surface area contributed by atoms with Crippen LogP contribution in [0.25, 0.3) is 5.69 Å². The third-order valence-corrected chi connectivity index (χ3v) is 2.58. The highest BCUT2D eigenvalue weighted by atomic mass is 16.5. The Bertz CT molecular complexity index is 637. The zero-order valence-corrected chi connectivity index (χ0v) is 10.2. The van der Waals surface area contributed by atoms with E-state index in [0.29, 0.717) is 6.61 Å². The van der Waals surface area contributed by atoms with E-state index in [-0.39, 0.29) is 0 Å². The van der Waals surface area contributed by atoms with Crippen LogP contribution in [0, 0.1) is 0 Å². The first-order valence-electron chi connectivity index (χ1n) is 5.91. The van der Waals surface area contributed by atoms with Gasteiger partial charge in [0, 0.05) is 6.20 Å². The third-order valence-electron chi connectivity index (χ3n) is 2.58. The quantitative estimate of drug-likeness (QED) is 0.714. The van der Waals surface area contributed by atoms with E-state index in [1.165, 1.54) is 0 Å². The van der Waals surface area contributed by atoms with E-state index in [1.807, 2.05) is 48.7 Å². The summed E-state index contributed by atoms with van der Waals surface area (Å²) >= 11 is 0. The van der Waals surface area contributed by atoms with Crippen LogP contribution in [0.4, 0.5) is 0 Å². The predicted octanol–water partition coefficient (Wildman–Crippen LogP) is 2.24. The molecule has 0 spiro atoms. The second kappa shape index (κ2) is 5.30. The van der Waals surface area contributed by atoms with Crippen LogP contribution in [-0.2, 0) is 6.61 Å². The van der Waals surface area contributed by atoms with Crippen molar-refractivity contribution in [1.29, 1.82) is 0 Å². The van der Waals surface area contributed by atoms with Gasteiger partial charge in [-0.1, -0.05) is 23.4 Å². The van der Waals surface area contributed by atoms with Crippen molar-refractivity contribution in [2.45, 2.75) is 6.61 Å². The minimum absolute atomic E-state index is 0.393. The fourth-order valence-electron chi connectivity index (χ4n) is 1.65. The summed E-state index contributed by atoms with van der Waals surface area (Å²) in [6, 6.07) is 13.4. The lowest BCUT2D eigenvalue weighted by atomic mass is 10.3. The van der Waals surface area contributed by atoms with E-state index < -0.39 is 0 Å². The Morgan fingerprint density at radius 1 is 1.05 bits per heavy atom. The van der Waals surface area contributed by atoms with Gasteiger partial charge in [0.25, 0.3) is 0 Å². The summed E-state index contributed by atoms with van der Waals surface area (Å²) in [6.07, 6.45) is 5.29. The average Bonchev–Trinajstić information content (AvgIpc) is 2.96. The van der Waals surface area contributed by atoms with Gasteiger partial charge in [-0.15, -0.1) is 5.10 Å². The summed E-state index contributed by atoms with van der Waals surface area (Å²) in [5.41, 5.74) is 1.65. The van der Waals surface area contributed by atoms with Crippen molar-refractivity contribution in [3.05, 3.63) is 66.7 Å². The van der Waals surface area contributed by atoms with Crippen molar-refractivity contribution in [2.24, 2.45) is 0 Å². The van der Waals surface area contributed by atoms with Crippen molar-refractivity contribution in [1.82, 2.24) is 20.0 Å². The van der Waals surface area contributed by atoms with Crippen LogP contribution in [0.5, 0.6) is 5.75 Å². The first kappa shape index (κ1) is 11.4. The molecule has 0 aliphatic carbocycles. The molecule has 5 heteroatoms. The molecule has 0 aliphatic rings. The van der Waals surface area contributed by atoms with Gasteiger partial charge in [-0.3, -0.25) is 4.98 Å². The number of pyridine rings is 1. The minimum atomic E-state index is 0.393. The molecule has 0 amide bonds. The second-order valence-electron chi connectivity index (χ2n) is 3.97. The normalized spacial score (nSPS) is 10.3. The molecule has 0 saturated carbocycles. The van der Waals surface area contributed by atoms with Gasteiger partial charge in [0.05, 0.1) is 18.1 Å². The molecule has 3 aromatic rings. The van der Waals surface area contributed by atoms with E-state index >= 15 is 0 Å². The van der Waals surface area contributed by atoms with E-state index in [0.717, 1.165) is 17.1 Å². The maximum atomic E-state index is 5.61. The molecule has 2 heterocycles. The standard InChI is InChI=1S/C14H12N4O/c1-2-6-14(7-3-1)19-11-12-10-18(17-16-12)13-5-4-8-15-9-13/h1-10H,11H2. The average molecular weight is 252 g/mol. The summed E-state index contributed by atoms with van der Waals surface area (Å²) in [5.74, 6) is 0.818. The molecule has 0 atom stereocenters. The van der Waals surface area contributed by atoms with Gasteiger partial charge in [0.2, 0.25) is 0 Å². The highest BCUT2D eigenvalue weighted by Gasteiger charge is 2.03. The Labute approximate surface area is 110 Å². The summed E-state index contributed by atoms with van der Waals surface area (Å²) in [4.78, 5) is 4.04. The first-order valence-corrected chi connectivity index (χ1v) is 5.91. The van der Waals surface area contributed by atoms with Crippen molar-refractivity contribution in [2.75, 3.05) is 0 Å². The molecule has 5 nitrogen and oxygen atoms in total. The lowest BCUT2D eigenvalue weighted by Crippen LogP contribution is -1.95. The van der Waals surface area contributed by atoms with Crippen molar-refractivity contribution in [3.63, 3.8) is 0 Å². The Kier molecular flexibility index (Phi) is 3.18. The highest BCUT2D eigenvalue weighted by molar-refractivity contribution is 5.26. The van der Waals surface area contributed by atoms with Crippen LogP contribution in [0.1, 0.15) is 5.69 Å². The van der Waals surface area contributed by atoms with E-state index in [1.54, 1.807) is 17.1 Å². The third kappa shape index (κ3) is 2.77. The topological polar surface area (TPSA) is 52.8 Å². The van der Waals surface area contributed by atoms with Gasteiger partial charge in [-0.2, -0.15) is 0 Å². The molecular weight excluding hydrogens is 240 g/mol. The molecule has 3 rings (SSSR count). The number of rotatable bonds is 4. The van der Waals surface area contributed by atoms with Gasteiger partial charge in [-0.05, 0) is 24.3 Å². The zero-order valence-electron chi connectivity index (χ0n) is 10.2. The number of benzene rings is 1. The summed E-state index contributed by atoms with van der Waals surface area (Å²) < 4.78 is 7.29. The summed E-state index contributed by atoms with van der Waals surface area (Å²) in [6.45, 7) is 0.393. The lowest BCUT2D eigenvalue weighted by Gasteiger charge is -2.02. The SMILES string of the molecule is c1ccc(OCc2cn(-c3cccnc3)nn2)cc1. The maximum absolute atomic E-state index is 5.61. The molecule has 1 aromatic carbocycles. The molecule has 0 N–H and O–H groups in total. The predicted molar refractivity (Wildman–Crippen MR) is 69.9 cm³/mol. The fraction of sp³-hybridized carbons (Fsp3) is 0.0714. The maximum Gasteiger partial charge on any atom is 0.134 e. The molecule has 0 bridgehead atoms. The van der Waals surface area contributed by atoms with Gasteiger partial charge < -0.3 is 4.74 Å². The largest absolute Gasteiger partial charge is 0.487 e. The molecule has 0 fully saturated rings. The Hall–Kier alpha value is -2.69. The number of aromatic nitrogens is 4. The highest BCUT2D eigenvalue weighted by Crippen LogP contribution is 2.11. The van der Waals surface area contributed by atoms with Gasteiger partial charge in [-0.25, -0.2) is 4.68 Å². The number of nitrogens with zero attached hydrogens (tertiary/aromatic N) is 4. The van der Waals surface area contributed by atoms with Crippen LogP contribution in [-0.4, -0.2) is 20.0 Å². The molecule has 0 unspecified atom stereocenters. The van der Waals surface area contributed by atoms with Gasteiger partial charge in [0.1, 0.15) is 18.1 Å². The number of ether oxygens (including phenoxy) is 1. The van der Waals surface area contributed by atoms with Gasteiger partial charge >= 0.3 is 0 Å². The van der Waals surface area contributed by atoms with Crippen LogP contribution in [0.2, 0.25) is 0 Å². The summed E-state index contributed by atoms with van der Waals surface area (Å²) in [5, 5.41) is 8.11. The smallest absolute Gasteiger partial charge is 0.134 e. The zero-order chi connectivity index (χ0) is 12.9. The van der Waals surface area contributed by atoms with Crippen LogP contribution >= 0.6 is 0 Å². The Balaban J connectivity index is 1.69. The monoisotopic (exact) mass is 252 g/mol. The molecule has 0 radical (unpaired) electrons. The first-order chi connectivity index (χ1) is 9.42. The van der Waals surface area contributed by atoms with Crippen molar-refractivity contribution < 1.29 is 4.74 Å². The van der Waals surface area contributed by atoms with Crippen molar-refractivity contribution >= 4 is 0 Å². The van der Waals surface area contributed by atoms with Crippen LogP contribution < -0.4 is 4.74 Å². The van der Waals surface area contributed by atoms with E-state index in [9.17, 15) is 0 Å². The molecular formula is C14H12N4O. The number of para-hydroxylation sites is 1. The second-order valence-corrected chi connectivity index (χ2v) is 3.97. The molecule has 0 aliphatic heterocycles. The van der Waals surface area contributed by atoms with E-state index in [4.69, 9.17) is 4.74 Å². The van der Waals surface area contributed by atoms with Crippen molar-refractivity contribution in [3.8, 4) is 11.4 Å². The number of hydrogen-bond donors (Lipinski definition) is 0. The summed E-state index contributed by atoms with van der Waals surface area (Å²) in [7, 11) is 0. The lowest BCUT2D eigenvalue weighted by molar-refractivity contribution is 0.301. The Morgan fingerprint density at radius 3 is 2.74 bits per heavy atom. The molecule has 0 saturated heterocycles. The minimum Gasteiger partial charge on any atom is -0.487 e. The Morgan fingerprint density at radius 2 is 1.95 bits per heavy atom. The molecule has 2 aromatic heterocycles. The number of hydrogen-bond acceptors (Lipinski definition) is 4. The molecule has 94 valence electrons. The van der Waals surface area contributed by atoms with E-state index in [2.05, 4.69) is 15.3 Å². The molecule has 19 heavy (non-hydrogen) atoms. The fourth-order valence-corrected chi connectivity index (χ4v) is 1.65. The van der Waals surface area contributed by atoms with Crippen LogP contribution in [0.3, 0.4) is 0 Å².